The molecule has 1 unspecified atom stereocenters. The highest BCUT2D eigenvalue weighted by Crippen LogP contribution is 2.22. The first kappa shape index (κ1) is 14.4. The summed E-state index contributed by atoms with van der Waals surface area (Å²) in [6.45, 7) is 2.05. The van der Waals surface area contributed by atoms with Crippen molar-refractivity contribution < 1.29 is 5.11 Å². The Hall–Kier alpha value is -1.02. The number of aliphatic hydroxyl groups is 1. The van der Waals surface area contributed by atoms with Gasteiger partial charge in [0.05, 0.1) is 6.10 Å². The first-order valence-electron chi connectivity index (χ1n) is 6.22. The van der Waals surface area contributed by atoms with E-state index >= 15 is 0 Å². The van der Waals surface area contributed by atoms with Crippen molar-refractivity contribution in [3.05, 3.63) is 69.2 Å². The molecule has 19 heavy (non-hydrogen) atoms. The molecular formula is C16H16Cl2O. The van der Waals surface area contributed by atoms with Crippen molar-refractivity contribution in [1.29, 1.82) is 0 Å². The minimum Gasteiger partial charge on any atom is -0.392 e. The first-order valence-corrected chi connectivity index (χ1v) is 6.98. The van der Waals surface area contributed by atoms with E-state index in [-0.39, 0.29) is 0 Å². The van der Waals surface area contributed by atoms with E-state index in [4.69, 9.17) is 23.2 Å². The van der Waals surface area contributed by atoms with Crippen LogP contribution >= 0.6 is 23.2 Å². The molecular weight excluding hydrogens is 279 g/mol. The molecule has 0 saturated carbocycles. The maximum atomic E-state index is 10.1. The second-order valence-electron chi connectivity index (χ2n) is 4.79. The molecule has 1 nitrogen and oxygen atoms in total. The van der Waals surface area contributed by atoms with E-state index in [1.165, 1.54) is 5.56 Å². The Morgan fingerprint density at radius 2 is 1.84 bits per heavy atom. The van der Waals surface area contributed by atoms with Gasteiger partial charge in [0.25, 0.3) is 0 Å². The molecule has 3 heteroatoms. The molecule has 0 aliphatic rings. The van der Waals surface area contributed by atoms with Crippen molar-refractivity contribution in [2.45, 2.75) is 25.9 Å². The molecule has 0 saturated heterocycles. The monoisotopic (exact) mass is 294 g/mol. The summed E-state index contributed by atoms with van der Waals surface area (Å²) in [5.41, 5.74) is 3.26. The van der Waals surface area contributed by atoms with Gasteiger partial charge in [-0.15, -0.1) is 0 Å². The third kappa shape index (κ3) is 4.24. The van der Waals surface area contributed by atoms with E-state index < -0.39 is 6.10 Å². The molecule has 100 valence electrons. The summed E-state index contributed by atoms with van der Waals surface area (Å²) in [6.07, 6.45) is 0.713. The van der Waals surface area contributed by atoms with Crippen molar-refractivity contribution >= 4 is 23.2 Å². The summed E-state index contributed by atoms with van der Waals surface area (Å²) in [6, 6.07) is 13.5. The fourth-order valence-electron chi connectivity index (χ4n) is 2.12. The lowest BCUT2D eigenvalue weighted by Gasteiger charge is -2.12. The Balaban J connectivity index is 2.03. The average molecular weight is 295 g/mol. The third-order valence-corrected chi connectivity index (χ3v) is 3.61. The van der Waals surface area contributed by atoms with Gasteiger partial charge in [0.15, 0.2) is 0 Å². The van der Waals surface area contributed by atoms with Crippen LogP contribution in [0.25, 0.3) is 0 Å². The van der Waals surface area contributed by atoms with Gasteiger partial charge < -0.3 is 5.11 Å². The van der Waals surface area contributed by atoms with Gasteiger partial charge >= 0.3 is 0 Å². The van der Waals surface area contributed by atoms with Crippen molar-refractivity contribution in [2.24, 2.45) is 0 Å². The molecule has 0 heterocycles. The van der Waals surface area contributed by atoms with Crippen LogP contribution in [0.3, 0.4) is 0 Å². The Morgan fingerprint density at radius 3 is 2.53 bits per heavy atom. The Morgan fingerprint density at radius 1 is 1.05 bits per heavy atom. The highest BCUT2D eigenvalue weighted by atomic mass is 35.5. The lowest BCUT2D eigenvalue weighted by atomic mass is 10.0. The molecule has 0 radical (unpaired) electrons. The Kier molecular flexibility index (Phi) is 4.87. The Bertz CT molecular complexity index is 566. The predicted molar refractivity (Wildman–Crippen MR) is 81.1 cm³/mol. The fourth-order valence-corrected chi connectivity index (χ4v) is 2.61. The second kappa shape index (κ2) is 6.42. The van der Waals surface area contributed by atoms with Crippen LogP contribution in [-0.4, -0.2) is 11.2 Å². The first-order chi connectivity index (χ1) is 9.04. The summed E-state index contributed by atoms with van der Waals surface area (Å²) in [5, 5.41) is 11.4. The SMILES string of the molecule is Cc1cccc(CC(O)Cc2ccc(Cl)cc2Cl)c1. The van der Waals surface area contributed by atoms with E-state index in [0.717, 1.165) is 11.1 Å². The minimum absolute atomic E-state index is 0.444. The van der Waals surface area contributed by atoms with Gasteiger partial charge in [-0.05, 0) is 36.6 Å². The van der Waals surface area contributed by atoms with Gasteiger partial charge in [-0.2, -0.15) is 0 Å². The zero-order valence-corrected chi connectivity index (χ0v) is 12.2. The van der Waals surface area contributed by atoms with E-state index in [9.17, 15) is 5.11 Å². The summed E-state index contributed by atoms with van der Waals surface area (Å²) in [5.74, 6) is 0. The predicted octanol–water partition coefficient (Wildman–Crippen LogP) is 4.45. The molecule has 0 aromatic heterocycles. The van der Waals surface area contributed by atoms with E-state index in [2.05, 4.69) is 6.07 Å². The topological polar surface area (TPSA) is 20.2 Å². The van der Waals surface area contributed by atoms with Crippen molar-refractivity contribution in [3.63, 3.8) is 0 Å². The van der Waals surface area contributed by atoms with Crippen LogP contribution in [0.2, 0.25) is 10.0 Å². The lowest BCUT2D eigenvalue weighted by molar-refractivity contribution is 0.175. The maximum absolute atomic E-state index is 10.1. The molecule has 2 rings (SSSR count). The van der Waals surface area contributed by atoms with Crippen LogP contribution in [0.4, 0.5) is 0 Å². The van der Waals surface area contributed by atoms with Crippen molar-refractivity contribution in [2.75, 3.05) is 0 Å². The van der Waals surface area contributed by atoms with Gasteiger partial charge in [0, 0.05) is 16.5 Å². The number of rotatable bonds is 4. The molecule has 1 atom stereocenters. The maximum Gasteiger partial charge on any atom is 0.0621 e. The molecule has 0 fully saturated rings. The minimum atomic E-state index is -0.444. The van der Waals surface area contributed by atoms with Gasteiger partial charge in [-0.1, -0.05) is 59.1 Å². The standard InChI is InChI=1S/C16H16Cl2O/c1-11-3-2-4-12(7-11)8-15(19)9-13-5-6-14(17)10-16(13)18/h2-7,10,15,19H,8-9H2,1H3. The number of benzene rings is 2. The van der Waals surface area contributed by atoms with Crippen LogP contribution in [0.1, 0.15) is 16.7 Å². The van der Waals surface area contributed by atoms with Gasteiger partial charge in [-0.25, -0.2) is 0 Å². The number of hydrogen-bond acceptors (Lipinski definition) is 1. The zero-order valence-electron chi connectivity index (χ0n) is 10.7. The largest absolute Gasteiger partial charge is 0.392 e. The molecule has 1 N–H and O–H groups in total. The number of aliphatic hydroxyl groups excluding tert-OH is 1. The summed E-state index contributed by atoms with van der Waals surface area (Å²) in [4.78, 5) is 0. The quantitative estimate of drug-likeness (QED) is 0.883. The van der Waals surface area contributed by atoms with Crippen molar-refractivity contribution in [1.82, 2.24) is 0 Å². The number of aryl methyl sites for hydroxylation is 1. The van der Waals surface area contributed by atoms with Crippen LogP contribution in [0.15, 0.2) is 42.5 Å². The molecule has 2 aromatic carbocycles. The lowest BCUT2D eigenvalue weighted by Crippen LogP contribution is -2.14. The number of halogens is 2. The summed E-state index contributed by atoms with van der Waals surface area (Å²) in [7, 11) is 0. The Labute approximate surface area is 123 Å². The molecule has 0 aliphatic carbocycles. The van der Waals surface area contributed by atoms with E-state index in [1.807, 2.05) is 31.2 Å². The molecule has 0 aliphatic heterocycles. The molecule has 2 aromatic rings. The van der Waals surface area contributed by atoms with E-state index in [1.54, 1.807) is 12.1 Å². The smallest absolute Gasteiger partial charge is 0.0621 e. The van der Waals surface area contributed by atoms with Gasteiger partial charge in [0.2, 0.25) is 0 Å². The van der Waals surface area contributed by atoms with Gasteiger partial charge in [-0.3, -0.25) is 0 Å². The third-order valence-electron chi connectivity index (χ3n) is 3.02. The highest BCUT2D eigenvalue weighted by Gasteiger charge is 2.10. The average Bonchev–Trinajstić information content (AvgIpc) is 2.33. The molecule has 0 bridgehead atoms. The second-order valence-corrected chi connectivity index (χ2v) is 5.63. The van der Waals surface area contributed by atoms with Crippen LogP contribution < -0.4 is 0 Å². The van der Waals surface area contributed by atoms with Crippen LogP contribution in [0, 0.1) is 6.92 Å². The highest BCUT2D eigenvalue weighted by molar-refractivity contribution is 6.35. The molecule has 0 amide bonds. The summed E-state index contributed by atoms with van der Waals surface area (Å²) >= 11 is 12.0. The van der Waals surface area contributed by atoms with Crippen LogP contribution in [0.5, 0.6) is 0 Å². The van der Waals surface area contributed by atoms with Gasteiger partial charge in [0.1, 0.15) is 0 Å². The van der Waals surface area contributed by atoms with Crippen LogP contribution in [-0.2, 0) is 12.8 Å². The zero-order chi connectivity index (χ0) is 13.8. The normalized spacial score (nSPS) is 12.4. The summed E-state index contributed by atoms with van der Waals surface area (Å²) < 4.78 is 0. The number of hydrogen-bond donors (Lipinski definition) is 1. The van der Waals surface area contributed by atoms with E-state index in [0.29, 0.717) is 22.9 Å². The fraction of sp³-hybridized carbons (Fsp3) is 0.250. The van der Waals surface area contributed by atoms with Crippen molar-refractivity contribution in [3.8, 4) is 0 Å². The molecule has 0 spiro atoms.